The zero-order chi connectivity index (χ0) is 10.4. The molecule has 0 spiro atoms. The Labute approximate surface area is 82.9 Å². The molecule has 0 radical (unpaired) electrons. The molecule has 1 heterocycles. The van der Waals surface area contributed by atoms with Gasteiger partial charge >= 0.3 is 6.09 Å². The predicted octanol–water partition coefficient (Wildman–Crippen LogP) is 0.839. The monoisotopic (exact) mass is 204 g/mol. The van der Waals surface area contributed by atoms with Crippen molar-refractivity contribution >= 4 is 6.09 Å². The van der Waals surface area contributed by atoms with Crippen molar-refractivity contribution in [2.45, 2.75) is 12.8 Å². The SMILES string of the molecule is O=C(O)NCC1CCNCC(CF)C1. The van der Waals surface area contributed by atoms with Crippen molar-refractivity contribution in [3.63, 3.8) is 0 Å². The van der Waals surface area contributed by atoms with Gasteiger partial charge in [-0.05, 0) is 25.3 Å². The van der Waals surface area contributed by atoms with Crippen molar-refractivity contribution in [3.05, 3.63) is 0 Å². The maximum Gasteiger partial charge on any atom is 0.404 e. The maximum atomic E-state index is 12.5. The number of alkyl halides is 1. The molecule has 4 nitrogen and oxygen atoms in total. The Balaban J connectivity index is 2.31. The zero-order valence-electron chi connectivity index (χ0n) is 8.13. The molecule has 0 saturated carbocycles. The second kappa shape index (κ2) is 5.80. The van der Waals surface area contributed by atoms with Crippen LogP contribution in [0.4, 0.5) is 9.18 Å². The summed E-state index contributed by atoms with van der Waals surface area (Å²) < 4.78 is 12.5. The first-order valence-electron chi connectivity index (χ1n) is 4.96. The summed E-state index contributed by atoms with van der Waals surface area (Å²) in [7, 11) is 0. The minimum Gasteiger partial charge on any atom is -0.465 e. The molecule has 82 valence electrons. The van der Waals surface area contributed by atoms with Crippen molar-refractivity contribution < 1.29 is 14.3 Å². The zero-order valence-corrected chi connectivity index (χ0v) is 8.13. The van der Waals surface area contributed by atoms with E-state index >= 15 is 0 Å². The average molecular weight is 204 g/mol. The van der Waals surface area contributed by atoms with Crippen LogP contribution in [0.1, 0.15) is 12.8 Å². The highest BCUT2D eigenvalue weighted by molar-refractivity contribution is 5.64. The molecule has 1 aliphatic heterocycles. The molecule has 14 heavy (non-hydrogen) atoms. The van der Waals surface area contributed by atoms with Gasteiger partial charge in [0.1, 0.15) is 0 Å². The normalized spacial score (nSPS) is 28.1. The third-order valence-corrected chi connectivity index (χ3v) is 2.59. The van der Waals surface area contributed by atoms with E-state index in [0.29, 0.717) is 13.1 Å². The summed E-state index contributed by atoms with van der Waals surface area (Å²) in [4.78, 5) is 10.3. The lowest BCUT2D eigenvalue weighted by Gasteiger charge is -2.16. The Bertz CT molecular complexity index is 190. The molecule has 1 fully saturated rings. The van der Waals surface area contributed by atoms with Crippen molar-refractivity contribution in [2.75, 3.05) is 26.3 Å². The van der Waals surface area contributed by atoms with Crippen LogP contribution in [0.25, 0.3) is 0 Å². The first-order chi connectivity index (χ1) is 6.72. The summed E-state index contributed by atoms with van der Waals surface area (Å²) in [6, 6.07) is 0. The largest absolute Gasteiger partial charge is 0.465 e. The lowest BCUT2D eigenvalue weighted by Crippen LogP contribution is -2.29. The minimum atomic E-state index is -1.00. The Hall–Kier alpha value is -0.840. The van der Waals surface area contributed by atoms with E-state index in [1.165, 1.54) is 0 Å². The van der Waals surface area contributed by atoms with Crippen LogP contribution in [0.3, 0.4) is 0 Å². The molecule has 2 atom stereocenters. The second-order valence-corrected chi connectivity index (χ2v) is 3.80. The summed E-state index contributed by atoms with van der Waals surface area (Å²) in [5.41, 5.74) is 0. The van der Waals surface area contributed by atoms with Crippen LogP contribution >= 0.6 is 0 Å². The lowest BCUT2D eigenvalue weighted by molar-refractivity contribution is 0.190. The number of carbonyl (C=O) groups is 1. The molecule has 0 aromatic heterocycles. The molecule has 1 saturated heterocycles. The summed E-state index contributed by atoms with van der Waals surface area (Å²) in [6.07, 6.45) is 0.680. The number of nitrogens with one attached hydrogen (secondary N) is 2. The van der Waals surface area contributed by atoms with E-state index in [0.717, 1.165) is 19.4 Å². The number of amides is 1. The smallest absolute Gasteiger partial charge is 0.404 e. The molecule has 0 aromatic carbocycles. The van der Waals surface area contributed by atoms with Gasteiger partial charge in [-0.3, -0.25) is 4.39 Å². The molecule has 3 N–H and O–H groups in total. The van der Waals surface area contributed by atoms with Gasteiger partial charge < -0.3 is 15.7 Å². The second-order valence-electron chi connectivity index (χ2n) is 3.80. The number of hydrogen-bond acceptors (Lipinski definition) is 2. The fourth-order valence-corrected chi connectivity index (χ4v) is 1.82. The number of carboxylic acid groups (broad SMARTS) is 1. The Morgan fingerprint density at radius 2 is 2.36 bits per heavy atom. The van der Waals surface area contributed by atoms with Crippen LogP contribution < -0.4 is 10.6 Å². The third-order valence-electron chi connectivity index (χ3n) is 2.59. The summed E-state index contributed by atoms with van der Waals surface area (Å²) in [5.74, 6) is 0.306. The van der Waals surface area contributed by atoms with Crippen molar-refractivity contribution in [2.24, 2.45) is 11.8 Å². The van der Waals surface area contributed by atoms with Crippen LogP contribution in [-0.4, -0.2) is 37.5 Å². The van der Waals surface area contributed by atoms with Crippen LogP contribution in [-0.2, 0) is 0 Å². The van der Waals surface area contributed by atoms with Crippen molar-refractivity contribution in [1.29, 1.82) is 0 Å². The predicted molar refractivity (Wildman–Crippen MR) is 51.1 cm³/mol. The molecule has 0 aliphatic carbocycles. The molecular weight excluding hydrogens is 187 g/mol. The average Bonchev–Trinajstić information content (AvgIpc) is 2.39. The van der Waals surface area contributed by atoms with Gasteiger partial charge in [0.15, 0.2) is 0 Å². The van der Waals surface area contributed by atoms with Gasteiger partial charge in [-0.1, -0.05) is 0 Å². The topological polar surface area (TPSA) is 61.4 Å². The van der Waals surface area contributed by atoms with Crippen LogP contribution in [0.2, 0.25) is 0 Å². The van der Waals surface area contributed by atoms with E-state index in [9.17, 15) is 9.18 Å². The summed E-state index contributed by atoms with van der Waals surface area (Å²) in [5, 5.41) is 13.9. The third kappa shape index (κ3) is 3.91. The van der Waals surface area contributed by atoms with Crippen molar-refractivity contribution in [1.82, 2.24) is 10.6 Å². The van der Waals surface area contributed by atoms with E-state index in [-0.39, 0.29) is 18.5 Å². The van der Waals surface area contributed by atoms with Gasteiger partial charge in [-0.15, -0.1) is 0 Å². The van der Waals surface area contributed by atoms with Crippen LogP contribution in [0.5, 0.6) is 0 Å². The Morgan fingerprint density at radius 1 is 1.57 bits per heavy atom. The maximum absolute atomic E-state index is 12.5. The summed E-state index contributed by atoms with van der Waals surface area (Å²) in [6.45, 7) is 1.67. The first kappa shape index (κ1) is 11.2. The summed E-state index contributed by atoms with van der Waals surface area (Å²) >= 11 is 0. The van der Waals surface area contributed by atoms with E-state index in [4.69, 9.17) is 5.11 Å². The molecule has 1 amide bonds. The highest BCUT2D eigenvalue weighted by atomic mass is 19.1. The number of rotatable bonds is 3. The molecule has 1 aliphatic rings. The van der Waals surface area contributed by atoms with Gasteiger partial charge in [0.25, 0.3) is 0 Å². The van der Waals surface area contributed by atoms with Crippen LogP contribution in [0.15, 0.2) is 0 Å². The van der Waals surface area contributed by atoms with Crippen molar-refractivity contribution in [3.8, 4) is 0 Å². The van der Waals surface area contributed by atoms with E-state index in [2.05, 4.69) is 10.6 Å². The molecule has 1 rings (SSSR count). The fraction of sp³-hybridized carbons (Fsp3) is 0.889. The van der Waals surface area contributed by atoms with Gasteiger partial charge in [-0.25, -0.2) is 4.79 Å². The van der Waals surface area contributed by atoms with Gasteiger partial charge in [0, 0.05) is 19.0 Å². The highest BCUT2D eigenvalue weighted by Crippen LogP contribution is 2.18. The Morgan fingerprint density at radius 3 is 3.00 bits per heavy atom. The highest BCUT2D eigenvalue weighted by Gasteiger charge is 2.20. The van der Waals surface area contributed by atoms with Crippen LogP contribution in [0, 0.1) is 11.8 Å². The lowest BCUT2D eigenvalue weighted by atomic mass is 9.94. The minimum absolute atomic E-state index is 0.0399. The quantitative estimate of drug-likeness (QED) is 0.638. The first-order valence-corrected chi connectivity index (χ1v) is 4.96. The molecule has 0 aromatic rings. The Kier molecular flexibility index (Phi) is 4.65. The molecule has 0 bridgehead atoms. The van der Waals surface area contributed by atoms with E-state index < -0.39 is 6.09 Å². The van der Waals surface area contributed by atoms with E-state index in [1.54, 1.807) is 0 Å². The molecular formula is C9H17FN2O2. The van der Waals surface area contributed by atoms with Gasteiger partial charge in [-0.2, -0.15) is 0 Å². The fourth-order valence-electron chi connectivity index (χ4n) is 1.82. The van der Waals surface area contributed by atoms with Gasteiger partial charge in [0.2, 0.25) is 0 Å². The van der Waals surface area contributed by atoms with Gasteiger partial charge in [0.05, 0.1) is 6.67 Å². The number of halogens is 1. The standard InChI is InChI=1S/C9H17FN2O2/c10-4-8-3-7(1-2-11-5-8)6-12-9(13)14/h7-8,11-12H,1-6H2,(H,13,14). The molecule has 2 unspecified atom stereocenters. The van der Waals surface area contributed by atoms with E-state index in [1.807, 2.05) is 0 Å². The molecule has 5 heteroatoms. The number of hydrogen-bond donors (Lipinski definition) is 3.